The summed E-state index contributed by atoms with van der Waals surface area (Å²) in [5.41, 5.74) is 8.79. The minimum atomic E-state index is -1.04. The first kappa shape index (κ1) is 50.8. The van der Waals surface area contributed by atoms with E-state index < -0.39 is 17.9 Å². The molecule has 0 spiro atoms. The molecule has 6 rings (SSSR count). The molecule has 1 fully saturated rings. The molecule has 1 unspecified atom stereocenters. The number of unbranched alkanes of at least 4 members (excludes halogenated alkanes) is 1. The quantitative estimate of drug-likeness (QED) is 0.0514. The molecule has 342 valence electrons. The molecule has 9 nitrogen and oxygen atoms in total. The Bertz CT molecular complexity index is 2460. The Balaban J connectivity index is 0.00000771. The van der Waals surface area contributed by atoms with Crippen molar-refractivity contribution in [3.8, 4) is 0 Å². The molecular weight excluding hydrogens is 809 g/mol. The molecule has 1 aliphatic carbocycles. The molecule has 1 saturated heterocycles. The van der Waals surface area contributed by atoms with Crippen LogP contribution >= 0.6 is 0 Å². The van der Waals surface area contributed by atoms with Crippen molar-refractivity contribution in [1.29, 1.82) is 0 Å². The fourth-order valence-electron chi connectivity index (χ4n) is 10.3. The van der Waals surface area contributed by atoms with Gasteiger partial charge in [-0.25, -0.2) is 0 Å². The number of fused-ring (bicyclic) bond motifs is 8. The van der Waals surface area contributed by atoms with Gasteiger partial charge < -0.3 is 34.8 Å². The smallest absolute Gasteiger partial charge is 0.657 e. The largest absolute Gasteiger partial charge is 2.00 e. The van der Waals surface area contributed by atoms with Gasteiger partial charge in [-0.2, -0.15) is 0 Å². The zero-order valence-electron chi connectivity index (χ0n) is 40.5. The van der Waals surface area contributed by atoms with Crippen molar-refractivity contribution in [3.05, 3.63) is 90.6 Å². The second kappa shape index (κ2) is 22.8. The normalized spacial score (nSPS) is 21.6. The molecule has 2 N–H and O–H groups in total. The van der Waals surface area contributed by atoms with E-state index in [0.29, 0.717) is 28.3 Å². The van der Waals surface area contributed by atoms with Gasteiger partial charge in [-0.3, -0.25) is 9.59 Å². The van der Waals surface area contributed by atoms with E-state index in [9.17, 15) is 14.7 Å². The van der Waals surface area contributed by atoms with Gasteiger partial charge in [-0.05, 0) is 81.3 Å². The number of carbonyl (C=O) groups excluding carboxylic acids is 2. The summed E-state index contributed by atoms with van der Waals surface area (Å²) in [6.07, 6.45) is 24.8. The van der Waals surface area contributed by atoms with Crippen molar-refractivity contribution in [2.24, 2.45) is 35.5 Å². The van der Waals surface area contributed by atoms with Crippen LogP contribution in [0.4, 0.5) is 0 Å². The second-order valence-corrected chi connectivity index (χ2v) is 19.2. The Morgan fingerprint density at radius 1 is 0.859 bits per heavy atom. The third-order valence-corrected chi connectivity index (χ3v) is 14.2. The van der Waals surface area contributed by atoms with Crippen LogP contribution in [0.25, 0.3) is 35.6 Å². The van der Waals surface area contributed by atoms with Gasteiger partial charge in [0.05, 0.1) is 13.2 Å². The molecule has 0 saturated carbocycles. The molecule has 3 aromatic rings. The van der Waals surface area contributed by atoms with Crippen LogP contribution in [0.1, 0.15) is 157 Å². The number of esters is 2. The van der Waals surface area contributed by atoms with Crippen LogP contribution < -0.4 is 41.5 Å². The maximum Gasteiger partial charge on any atom is 2.00 e. The van der Waals surface area contributed by atoms with E-state index in [1.807, 2.05) is 31.2 Å². The van der Waals surface area contributed by atoms with Crippen LogP contribution in [-0.4, -0.2) is 59.9 Å². The van der Waals surface area contributed by atoms with Crippen molar-refractivity contribution in [3.63, 3.8) is 0 Å². The summed E-state index contributed by atoms with van der Waals surface area (Å²) < 4.78 is 11.1. The van der Waals surface area contributed by atoms with Gasteiger partial charge in [-0.1, -0.05) is 152 Å². The zero-order valence-corrected chi connectivity index (χ0v) is 41.9. The van der Waals surface area contributed by atoms with Gasteiger partial charge >= 0.3 is 35.0 Å². The third kappa shape index (κ3) is 11.3. The van der Waals surface area contributed by atoms with Crippen LogP contribution in [0.15, 0.2) is 24.4 Å². The van der Waals surface area contributed by atoms with Crippen molar-refractivity contribution >= 4 is 70.6 Å². The molecule has 3 aliphatic rings. The number of nitrogens with zero attached hydrogens (tertiary/aromatic N) is 3. The predicted molar refractivity (Wildman–Crippen MR) is 261 cm³/mol. The first-order chi connectivity index (χ1) is 30.2. The number of aliphatic hydroxyl groups excluding tert-OH is 1. The van der Waals surface area contributed by atoms with Gasteiger partial charge in [0.25, 0.3) is 0 Å². The number of hydrogen-bond acceptors (Lipinski definition) is 6. The van der Waals surface area contributed by atoms with Gasteiger partial charge in [-0.15, -0.1) is 33.1 Å². The fraction of sp³-hybridized carbons (Fsp3) is 0.556. The van der Waals surface area contributed by atoms with E-state index in [2.05, 4.69) is 79.4 Å². The molecule has 2 aliphatic heterocycles. The van der Waals surface area contributed by atoms with Gasteiger partial charge in [0, 0.05) is 23.3 Å². The Morgan fingerprint density at radius 3 is 2.17 bits per heavy atom. The molecular formula is C54H73MgN4O5-. The van der Waals surface area contributed by atoms with Crippen LogP contribution in [0.3, 0.4) is 0 Å². The summed E-state index contributed by atoms with van der Waals surface area (Å²) in [6, 6.07) is -0.445. The summed E-state index contributed by atoms with van der Waals surface area (Å²) in [4.78, 5) is 42.3. The van der Waals surface area contributed by atoms with E-state index in [4.69, 9.17) is 24.4 Å². The summed E-state index contributed by atoms with van der Waals surface area (Å²) in [7, 11) is 1.34. The Morgan fingerprint density at radius 2 is 1.52 bits per heavy atom. The fourth-order valence-corrected chi connectivity index (χ4v) is 10.3. The average molecular weight is 883 g/mol. The number of nitrogens with one attached hydrogen (secondary N) is 1. The summed E-state index contributed by atoms with van der Waals surface area (Å²) >= 11 is 0. The number of aliphatic hydroxyl groups is 1. The summed E-state index contributed by atoms with van der Waals surface area (Å²) in [6.45, 7) is 24.1. The van der Waals surface area contributed by atoms with Crippen molar-refractivity contribution in [2.45, 2.75) is 145 Å². The zero-order chi connectivity index (χ0) is 45.5. The molecule has 8 bridgehead atoms. The van der Waals surface area contributed by atoms with E-state index in [-0.39, 0.29) is 59.6 Å². The van der Waals surface area contributed by atoms with E-state index in [0.717, 1.165) is 92.6 Å². The first-order valence-electron chi connectivity index (χ1n) is 23.8. The number of carbonyl (C=O) groups is 2. The van der Waals surface area contributed by atoms with Gasteiger partial charge in [0.1, 0.15) is 18.3 Å². The molecule has 6 atom stereocenters. The number of methoxy groups -OCH3 is 1. The number of ether oxygens (including phenoxy) is 2. The molecule has 0 amide bonds. The van der Waals surface area contributed by atoms with Gasteiger partial charge in [0.2, 0.25) is 0 Å². The number of allylic oxidation sites excluding steroid dienone is 2. The summed E-state index contributed by atoms with van der Waals surface area (Å²) in [5.74, 6) is 0.210. The Kier molecular flexibility index (Phi) is 18.1. The van der Waals surface area contributed by atoms with Crippen molar-refractivity contribution < 1.29 is 24.2 Å². The molecule has 5 heterocycles. The number of rotatable bonds is 20. The minimum Gasteiger partial charge on any atom is -0.657 e. The SMILES string of the molecule is C=Cc1c2[n-]c(c1C)/C=C1\NC(C3=c4[n-]c(c(C)c4=C(O)[C@@H]3C(=O)OC)/C=c3\[n-]/c(c(C)c3CC)=C\2)[C@@H](CCC(=O)OC/C=C\CCC[C@H](C)CCC[C@H](C)CCCC(C)C)[C@@H]1C.[Mg+2]. The minimum absolute atomic E-state index is 0. The van der Waals surface area contributed by atoms with Crippen LogP contribution in [0.2, 0.25) is 0 Å². The van der Waals surface area contributed by atoms with Crippen molar-refractivity contribution in [1.82, 2.24) is 20.3 Å². The standard InChI is InChI=1S/C54H73N4O5.Mg/c1-12-38-34(7)41-28-43-36(9)40(25-26-47(59)63-27-17-15-14-16-21-32(5)23-19-24-33(6)22-18-20-31(3)4)51(57-43)49-50(54(61)62-11)53(60)48-37(10)44(58-52(48)49)30-46-39(13-2)35(8)42(56-46)29-45(38)55-41;/h12,15,17,28-33,36,40,50-51,57,60H,1,13-14,16,18-27H2,2-11H3;/q-3;+2/b17-15-,42-29-,43-28-,46-30-;/t32-,33+,36-,40-,50+,51?;/m0./s1. The van der Waals surface area contributed by atoms with Gasteiger partial charge in [0.15, 0.2) is 0 Å². The maximum absolute atomic E-state index is 13.6. The Hall–Kier alpha value is -4.15. The average Bonchev–Trinajstić information content (AvgIpc) is 3.99. The maximum atomic E-state index is 13.6. The van der Waals surface area contributed by atoms with Crippen LogP contribution in [0, 0.1) is 56.3 Å². The monoisotopic (exact) mass is 882 g/mol. The van der Waals surface area contributed by atoms with Crippen molar-refractivity contribution in [2.75, 3.05) is 13.7 Å². The predicted octanol–water partition coefficient (Wildman–Crippen LogP) is 7.48. The molecule has 64 heavy (non-hydrogen) atoms. The number of aromatic nitrogens is 3. The topological polar surface area (TPSA) is 127 Å². The Labute approximate surface area is 398 Å². The second-order valence-electron chi connectivity index (χ2n) is 19.2. The molecule has 0 aromatic carbocycles. The third-order valence-electron chi connectivity index (χ3n) is 14.2. The van der Waals surface area contributed by atoms with E-state index in [1.165, 1.54) is 52.1 Å². The molecule has 3 aromatic heterocycles. The number of hydrogen-bond donors (Lipinski definition) is 2. The van der Waals surface area contributed by atoms with Crippen LogP contribution in [-0.2, 0) is 25.5 Å². The van der Waals surface area contributed by atoms with E-state index >= 15 is 0 Å². The van der Waals surface area contributed by atoms with E-state index in [1.54, 1.807) is 0 Å². The van der Waals surface area contributed by atoms with Crippen LogP contribution in [0.5, 0.6) is 0 Å². The molecule has 0 radical (unpaired) electrons. The first-order valence-corrected chi connectivity index (χ1v) is 23.8. The molecule has 10 heteroatoms. The summed E-state index contributed by atoms with van der Waals surface area (Å²) in [5, 5.41) is 18.5.